The lowest BCUT2D eigenvalue weighted by Gasteiger charge is -2.29. The van der Waals surface area contributed by atoms with Crippen LogP contribution in [0.3, 0.4) is 0 Å². The minimum absolute atomic E-state index is 0.701. The van der Waals surface area contributed by atoms with E-state index in [9.17, 15) is 9.90 Å². The molecular weight excluding hydrogens is 308 g/mol. The fourth-order valence-electron chi connectivity index (χ4n) is 3.36. The van der Waals surface area contributed by atoms with Crippen molar-refractivity contribution in [1.29, 1.82) is 0 Å². The van der Waals surface area contributed by atoms with Crippen molar-refractivity contribution in [2.75, 3.05) is 7.11 Å². The average molecular weight is 327 g/mol. The highest BCUT2D eigenvalue weighted by atomic mass is 79.9. The Bertz CT molecular complexity index is 517. The lowest BCUT2D eigenvalue weighted by atomic mass is 9.75. The number of carboxylic acid groups (broad SMARTS) is 1. The maximum absolute atomic E-state index is 11.8. The molecule has 0 atom stereocenters. The highest BCUT2D eigenvalue weighted by molar-refractivity contribution is 9.10. The molecule has 0 amide bonds. The van der Waals surface area contributed by atoms with Gasteiger partial charge in [0.2, 0.25) is 0 Å². The van der Waals surface area contributed by atoms with Crippen molar-refractivity contribution < 1.29 is 14.6 Å². The molecule has 1 N–H and O–H groups in total. The number of methoxy groups -OCH3 is 1. The van der Waals surface area contributed by atoms with Crippen molar-refractivity contribution in [3.05, 3.63) is 27.2 Å². The zero-order valence-corrected chi connectivity index (χ0v) is 13.1. The maximum Gasteiger partial charge on any atom is 0.314 e. The van der Waals surface area contributed by atoms with Crippen LogP contribution < -0.4 is 4.74 Å². The Morgan fingerprint density at radius 3 is 2.42 bits per heavy atom. The second-order valence-electron chi connectivity index (χ2n) is 5.30. The van der Waals surface area contributed by atoms with Crippen molar-refractivity contribution in [2.45, 2.75) is 44.9 Å². The van der Waals surface area contributed by atoms with Gasteiger partial charge in [-0.25, -0.2) is 0 Å². The van der Waals surface area contributed by atoms with Gasteiger partial charge in [-0.2, -0.15) is 0 Å². The average Bonchev–Trinajstić information content (AvgIpc) is 2.84. The summed E-state index contributed by atoms with van der Waals surface area (Å²) in [6.45, 7) is 3.94. The Labute approximate surface area is 122 Å². The molecule has 1 aromatic rings. The first-order valence-electron chi connectivity index (χ1n) is 6.51. The molecule has 0 aliphatic heterocycles. The summed E-state index contributed by atoms with van der Waals surface area (Å²) >= 11 is 3.53. The Morgan fingerprint density at radius 1 is 1.37 bits per heavy atom. The van der Waals surface area contributed by atoms with Crippen molar-refractivity contribution in [2.24, 2.45) is 0 Å². The van der Waals surface area contributed by atoms with Crippen molar-refractivity contribution in [3.63, 3.8) is 0 Å². The van der Waals surface area contributed by atoms with Gasteiger partial charge >= 0.3 is 5.97 Å². The summed E-state index contributed by atoms with van der Waals surface area (Å²) in [5.74, 6) is 0.0607. The van der Waals surface area contributed by atoms with Gasteiger partial charge in [0.05, 0.1) is 17.0 Å². The van der Waals surface area contributed by atoms with E-state index >= 15 is 0 Å². The number of carboxylic acids is 1. The van der Waals surface area contributed by atoms with Crippen molar-refractivity contribution in [1.82, 2.24) is 0 Å². The van der Waals surface area contributed by atoms with Crippen LogP contribution in [0.5, 0.6) is 5.75 Å². The molecule has 1 aliphatic carbocycles. The number of aryl methyl sites for hydroxylation is 1. The number of ether oxygens (including phenoxy) is 1. The predicted octanol–water partition coefficient (Wildman–Crippen LogP) is 3.97. The molecular formula is C15H19BrO3. The van der Waals surface area contributed by atoms with E-state index in [1.807, 2.05) is 19.9 Å². The van der Waals surface area contributed by atoms with Crippen LogP contribution in [0.15, 0.2) is 10.5 Å². The number of rotatable bonds is 3. The van der Waals surface area contributed by atoms with Gasteiger partial charge < -0.3 is 9.84 Å². The number of hydrogen-bond donors (Lipinski definition) is 1. The van der Waals surface area contributed by atoms with Gasteiger partial charge in [0, 0.05) is 0 Å². The van der Waals surface area contributed by atoms with Gasteiger partial charge in [-0.1, -0.05) is 12.8 Å². The molecule has 0 radical (unpaired) electrons. The van der Waals surface area contributed by atoms with Gasteiger partial charge in [-0.05, 0) is 65.4 Å². The summed E-state index contributed by atoms with van der Waals surface area (Å²) < 4.78 is 6.19. The summed E-state index contributed by atoms with van der Waals surface area (Å²) in [6.07, 6.45) is 3.41. The lowest BCUT2D eigenvalue weighted by molar-refractivity contribution is -0.143. The van der Waals surface area contributed by atoms with Gasteiger partial charge in [-0.15, -0.1) is 0 Å². The third-order valence-corrected chi connectivity index (χ3v) is 5.21. The molecule has 19 heavy (non-hydrogen) atoms. The first-order chi connectivity index (χ1) is 8.94. The van der Waals surface area contributed by atoms with Crippen LogP contribution in [0.1, 0.15) is 42.4 Å². The second-order valence-corrected chi connectivity index (χ2v) is 6.10. The lowest BCUT2D eigenvalue weighted by Crippen LogP contribution is -2.34. The molecule has 104 valence electrons. The van der Waals surface area contributed by atoms with E-state index in [1.54, 1.807) is 7.11 Å². The number of aliphatic carboxylic acids is 1. The first-order valence-corrected chi connectivity index (χ1v) is 7.31. The van der Waals surface area contributed by atoms with E-state index in [1.165, 1.54) is 0 Å². The van der Waals surface area contributed by atoms with Crippen LogP contribution in [0.4, 0.5) is 0 Å². The minimum Gasteiger partial charge on any atom is -0.496 e. The normalized spacial score (nSPS) is 17.5. The molecule has 0 unspecified atom stereocenters. The largest absolute Gasteiger partial charge is 0.496 e. The summed E-state index contributed by atoms with van der Waals surface area (Å²) in [7, 11) is 1.63. The molecule has 1 aliphatic rings. The summed E-state index contributed by atoms with van der Waals surface area (Å²) in [4.78, 5) is 11.8. The molecule has 4 heteroatoms. The number of halogens is 1. The Kier molecular flexibility index (Phi) is 3.90. The Morgan fingerprint density at radius 2 is 1.95 bits per heavy atom. The van der Waals surface area contributed by atoms with Crippen LogP contribution in [0.2, 0.25) is 0 Å². The van der Waals surface area contributed by atoms with E-state index in [2.05, 4.69) is 15.9 Å². The molecule has 1 saturated carbocycles. The van der Waals surface area contributed by atoms with E-state index in [4.69, 9.17) is 4.74 Å². The molecule has 0 spiro atoms. The van der Waals surface area contributed by atoms with Gasteiger partial charge in [0.15, 0.2) is 0 Å². The Balaban J connectivity index is 2.68. The third-order valence-electron chi connectivity index (χ3n) is 4.23. The quantitative estimate of drug-likeness (QED) is 0.914. The molecule has 0 aromatic heterocycles. The topological polar surface area (TPSA) is 46.5 Å². The highest BCUT2D eigenvalue weighted by Crippen LogP contribution is 2.47. The Hall–Kier alpha value is -1.03. The highest BCUT2D eigenvalue weighted by Gasteiger charge is 2.45. The van der Waals surface area contributed by atoms with Gasteiger partial charge in [0.25, 0.3) is 0 Å². The standard InChI is InChI=1S/C15H19BrO3/c1-9-8-11(19-3)13(16)10(2)12(9)15(14(17)18)6-4-5-7-15/h8H,4-7H2,1-3H3,(H,17,18). The van der Waals surface area contributed by atoms with Crippen LogP contribution in [-0.4, -0.2) is 18.2 Å². The molecule has 1 fully saturated rings. The fraction of sp³-hybridized carbons (Fsp3) is 0.533. The monoisotopic (exact) mass is 326 g/mol. The predicted molar refractivity (Wildman–Crippen MR) is 77.9 cm³/mol. The van der Waals surface area contributed by atoms with E-state index in [-0.39, 0.29) is 0 Å². The second kappa shape index (κ2) is 5.16. The number of carbonyl (C=O) groups is 1. The van der Waals surface area contributed by atoms with Crippen LogP contribution in [0.25, 0.3) is 0 Å². The molecule has 3 nitrogen and oxygen atoms in total. The number of hydrogen-bond acceptors (Lipinski definition) is 2. The fourth-order valence-corrected chi connectivity index (χ4v) is 3.83. The summed E-state index contributed by atoms with van der Waals surface area (Å²) in [6, 6.07) is 1.93. The van der Waals surface area contributed by atoms with Crippen LogP contribution >= 0.6 is 15.9 Å². The van der Waals surface area contributed by atoms with E-state index < -0.39 is 11.4 Å². The summed E-state index contributed by atoms with van der Waals surface area (Å²) in [5.41, 5.74) is 2.23. The molecule has 2 rings (SSSR count). The van der Waals surface area contributed by atoms with Crippen LogP contribution in [0, 0.1) is 13.8 Å². The molecule has 0 saturated heterocycles. The molecule has 0 heterocycles. The van der Waals surface area contributed by atoms with Gasteiger partial charge in [-0.3, -0.25) is 4.79 Å². The zero-order valence-electron chi connectivity index (χ0n) is 11.5. The zero-order chi connectivity index (χ0) is 14.2. The van der Waals surface area contributed by atoms with E-state index in [0.717, 1.165) is 52.6 Å². The van der Waals surface area contributed by atoms with E-state index in [0.29, 0.717) is 0 Å². The maximum atomic E-state index is 11.8. The van der Waals surface area contributed by atoms with Gasteiger partial charge in [0.1, 0.15) is 5.75 Å². The smallest absolute Gasteiger partial charge is 0.314 e. The molecule has 1 aromatic carbocycles. The van der Waals surface area contributed by atoms with Crippen molar-refractivity contribution in [3.8, 4) is 5.75 Å². The van der Waals surface area contributed by atoms with Crippen LogP contribution in [-0.2, 0) is 10.2 Å². The molecule has 0 bridgehead atoms. The number of benzene rings is 1. The SMILES string of the molecule is COc1cc(C)c(C2(C(=O)O)CCCC2)c(C)c1Br. The first kappa shape index (κ1) is 14.4. The minimum atomic E-state index is -0.719. The summed E-state index contributed by atoms with van der Waals surface area (Å²) in [5, 5.41) is 9.74. The third kappa shape index (κ3) is 2.16. The van der Waals surface area contributed by atoms with Crippen molar-refractivity contribution >= 4 is 21.9 Å².